The Kier molecular flexibility index (Phi) is 49.3. The number of rotatable bonds is 47. The quantitative estimate of drug-likeness (QED) is 0.0422. The van der Waals surface area contributed by atoms with Crippen molar-refractivity contribution in [3.63, 3.8) is 0 Å². The number of allylic oxidation sites excluding steroid dienone is 11. The third kappa shape index (κ3) is 46.9. The van der Waals surface area contributed by atoms with Gasteiger partial charge in [-0.2, -0.15) is 0 Å². The van der Waals surface area contributed by atoms with Crippen LogP contribution >= 0.6 is 0 Å². The summed E-state index contributed by atoms with van der Waals surface area (Å²) in [7, 11) is 0. The normalized spacial score (nSPS) is 13.5. The first-order valence-corrected chi connectivity index (χ1v) is 26.2. The molecule has 0 aromatic carbocycles. The number of nitrogens with one attached hydrogen (secondary N) is 1. The van der Waals surface area contributed by atoms with E-state index in [-0.39, 0.29) is 12.5 Å². The molecule has 0 aliphatic heterocycles. The van der Waals surface area contributed by atoms with E-state index in [0.29, 0.717) is 6.42 Å². The first-order valence-electron chi connectivity index (χ1n) is 26.2. The van der Waals surface area contributed by atoms with Crippen LogP contribution in [0, 0.1) is 0 Å². The van der Waals surface area contributed by atoms with Gasteiger partial charge in [0.25, 0.3) is 0 Å². The summed E-state index contributed by atoms with van der Waals surface area (Å²) in [5, 5.41) is 23.0. The fourth-order valence-electron chi connectivity index (χ4n) is 7.70. The standard InChI is InChI=1S/C56H101NO3/c1-3-5-7-9-11-13-15-17-19-20-21-22-23-24-25-26-27-28-29-30-31-32-33-34-35-36-38-39-41-43-45-47-49-51-55(59)54(53-58)57-56(60)52-50-48-46-44-42-40-37-18-16-14-12-10-8-6-4-2/h6,8,12,14,18,35-37,41,43,49,51,54-55,58-59H,3-5,7,9-11,13,15-17,19-34,38-40,42,44-48,50,52-53H2,1-2H3,(H,57,60)/b8-6-,14-12-,36-35+,37-18-,43-41+,51-49+. The van der Waals surface area contributed by atoms with Crippen LogP contribution in [-0.2, 0) is 4.79 Å². The highest BCUT2D eigenvalue weighted by Gasteiger charge is 2.17. The maximum atomic E-state index is 12.4. The van der Waals surface area contributed by atoms with Crippen molar-refractivity contribution in [2.45, 2.75) is 270 Å². The van der Waals surface area contributed by atoms with Gasteiger partial charge in [0, 0.05) is 6.42 Å². The van der Waals surface area contributed by atoms with E-state index in [2.05, 4.69) is 79.9 Å². The summed E-state index contributed by atoms with van der Waals surface area (Å²) in [6.07, 6.45) is 73.5. The average molecular weight is 836 g/mol. The molecule has 1 amide bonds. The van der Waals surface area contributed by atoms with Gasteiger partial charge in [0.1, 0.15) is 0 Å². The topological polar surface area (TPSA) is 69.6 Å². The molecule has 0 saturated heterocycles. The van der Waals surface area contributed by atoms with Crippen molar-refractivity contribution in [1.29, 1.82) is 0 Å². The maximum Gasteiger partial charge on any atom is 0.220 e. The Labute approximate surface area is 374 Å². The summed E-state index contributed by atoms with van der Waals surface area (Å²) < 4.78 is 0. The summed E-state index contributed by atoms with van der Waals surface area (Å²) in [6.45, 7) is 4.18. The molecule has 3 N–H and O–H groups in total. The molecule has 0 aromatic rings. The van der Waals surface area contributed by atoms with Crippen LogP contribution in [-0.4, -0.2) is 34.9 Å². The van der Waals surface area contributed by atoms with Gasteiger partial charge in [-0.05, 0) is 77.0 Å². The van der Waals surface area contributed by atoms with Gasteiger partial charge in [0.2, 0.25) is 5.91 Å². The lowest BCUT2D eigenvalue weighted by Gasteiger charge is -2.19. The van der Waals surface area contributed by atoms with Gasteiger partial charge < -0.3 is 15.5 Å². The van der Waals surface area contributed by atoms with Gasteiger partial charge in [-0.15, -0.1) is 0 Å². The summed E-state index contributed by atoms with van der Waals surface area (Å²) in [5.41, 5.74) is 0. The molecular weight excluding hydrogens is 735 g/mol. The molecule has 2 unspecified atom stereocenters. The van der Waals surface area contributed by atoms with E-state index in [1.807, 2.05) is 6.08 Å². The van der Waals surface area contributed by atoms with E-state index < -0.39 is 12.1 Å². The number of amides is 1. The van der Waals surface area contributed by atoms with E-state index >= 15 is 0 Å². The van der Waals surface area contributed by atoms with E-state index in [1.165, 1.54) is 167 Å². The Balaban J connectivity index is 3.55. The van der Waals surface area contributed by atoms with Gasteiger partial charge in [-0.1, -0.05) is 247 Å². The maximum absolute atomic E-state index is 12.4. The number of carbonyl (C=O) groups excluding carboxylic acids is 1. The SMILES string of the molecule is CC/C=C\C/C=C\C/C=C\CCCCCCCC(=O)NC(CO)C(O)/C=C/CC/C=C/CC/C=C/CCCCCCCCCCCCCCCCCCCCCCCCC. The first kappa shape index (κ1) is 57.8. The van der Waals surface area contributed by atoms with Crippen molar-refractivity contribution in [2.75, 3.05) is 6.61 Å². The molecule has 2 atom stereocenters. The minimum atomic E-state index is -0.882. The average Bonchev–Trinajstić information content (AvgIpc) is 3.25. The molecule has 4 nitrogen and oxygen atoms in total. The highest BCUT2D eigenvalue weighted by molar-refractivity contribution is 5.76. The zero-order valence-electron chi connectivity index (χ0n) is 40.0. The molecule has 0 rings (SSSR count). The molecule has 0 aliphatic carbocycles. The fraction of sp³-hybridized carbons (Fsp3) is 0.768. The predicted molar refractivity (Wildman–Crippen MR) is 267 cm³/mol. The van der Waals surface area contributed by atoms with Gasteiger partial charge in [-0.25, -0.2) is 0 Å². The number of hydrogen-bond acceptors (Lipinski definition) is 3. The molecule has 0 saturated carbocycles. The van der Waals surface area contributed by atoms with E-state index in [4.69, 9.17) is 0 Å². The Hall–Kier alpha value is -2.17. The van der Waals surface area contributed by atoms with Gasteiger partial charge in [-0.3, -0.25) is 4.79 Å². The second-order valence-corrected chi connectivity index (χ2v) is 17.5. The van der Waals surface area contributed by atoms with Crippen LogP contribution in [0.15, 0.2) is 72.9 Å². The van der Waals surface area contributed by atoms with Crippen molar-refractivity contribution >= 4 is 5.91 Å². The molecule has 0 radical (unpaired) electrons. The van der Waals surface area contributed by atoms with Crippen LogP contribution in [0.3, 0.4) is 0 Å². The van der Waals surface area contributed by atoms with E-state index in [9.17, 15) is 15.0 Å². The minimum Gasteiger partial charge on any atom is -0.394 e. The van der Waals surface area contributed by atoms with E-state index in [1.54, 1.807) is 6.08 Å². The minimum absolute atomic E-state index is 0.0965. The third-order valence-electron chi connectivity index (χ3n) is 11.7. The molecule has 4 heteroatoms. The smallest absolute Gasteiger partial charge is 0.220 e. The molecule has 0 aromatic heterocycles. The van der Waals surface area contributed by atoms with Crippen LogP contribution < -0.4 is 5.32 Å². The van der Waals surface area contributed by atoms with Crippen LogP contribution in [0.4, 0.5) is 0 Å². The Bertz CT molecular complexity index is 1040. The van der Waals surface area contributed by atoms with Crippen LogP contribution in [0.5, 0.6) is 0 Å². The molecule has 0 fully saturated rings. The summed E-state index contributed by atoms with van der Waals surface area (Å²) >= 11 is 0. The number of aliphatic hydroxyl groups is 2. The van der Waals surface area contributed by atoms with Gasteiger partial charge >= 0.3 is 0 Å². The van der Waals surface area contributed by atoms with Gasteiger partial charge in [0.05, 0.1) is 18.8 Å². The van der Waals surface area contributed by atoms with Crippen molar-refractivity contribution < 1.29 is 15.0 Å². The molecule has 0 aliphatic rings. The van der Waals surface area contributed by atoms with Gasteiger partial charge in [0.15, 0.2) is 0 Å². The second kappa shape index (κ2) is 51.2. The number of unbranched alkanes of at least 4 members (excludes halogenated alkanes) is 30. The zero-order chi connectivity index (χ0) is 43.5. The predicted octanol–water partition coefficient (Wildman–Crippen LogP) is 17.0. The molecule has 0 bridgehead atoms. The van der Waals surface area contributed by atoms with Crippen LogP contribution in [0.1, 0.15) is 258 Å². The van der Waals surface area contributed by atoms with Crippen molar-refractivity contribution in [1.82, 2.24) is 5.32 Å². The van der Waals surface area contributed by atoms with Crippen molar-refractivity contribution in [2.24, 2.45) is 0 Å². The summed E-state index contributed by atoms with van der Waals surface area (Å²) in [6, 6.07) is -0.658. The molecule has 348 valence electrons. The fourth-order valence-corrected chi connectivity index (χ4v) is 7.70. The lowest BCUT2D eigenvalue weighted by molar-refractivity contribution is -0.123. The molecule has 0 spiro atoms. The second-order valence-electron chi connectivity index (χ2n) is 17.5. The number of aliphatic hydroxyl groups excluding tert-OH is 2. The Morgan fingerprint density at radius 3 is 1.17 bits per heavy atom. The summed E-state index contributed by atoms with van der Waals surface area (Å²) in [5.74, 6) is -0.0965. The highest BCUT2D eigenvalue weighted by Crippen LogP contribution is 2.16. The lowest BCUT2D eigenvalue weighted by atomic mass is 10.0. The van der Waals surface area contributed by atoms with Crippen LogP contribution in [0.25, 0.3) is 0 Å². The Morgan fingerprint density at radius 2 is 0.750 bits per heavy atom. The highest BCUT2D eigenvalue weighted by atomic mass is 16.3. The Morgan fingerprint density at radius 1 is 0.417 bits per heavy atom. The first-order chi connectivity index (χ1) is 29.7. The van der Waals surface area contributed by atoms with Crippen molar-refractivity contribution in [3.8, 4) is 0 Å². The van der Waals surface area contributed by atoms with Crippen molar-refractivity contribution in [3.05, 3.63) is 72.9 Å². The number of carbonyl (C=O) groups is 1. The zero-order valence-corrected chi connectivity index (χ0v) is 40.0. The largest absolute Gasteiger partial charge is 0.394 e. The monoisotopic (exact) mass is 836 g/mol. The molecular formula is C56H101NO3. The van der Waals surface area contributed by atoms with Crippen LogP contribution in [0.2, 0.25) is 0 Å². The van der Waals surface area contributed by atoms with E-state index in [0.717, 1.165) is 70.6 Å². The lowest BCUT2D eigenvalue weighted by Crippen LogP contribution is -2.45. The third-order valence-corrected chi connectivity index (χ3v) is 11.7. The number of hydrogen-bond donors (Lipinski definition) is 3. The molecule has 60 heavy (non-hydrogen) atoms. The summed E-state index contributed by atoms with van der Waals surface area (Å²) in [4.78, 5) is 12.4. The molecule has 0 heterocycles.